The Labute approximate surface area is 169 Å². The fraction of sp³-hybridized carbons (Fsp3) is 0. The third kappa shape index (κ3) is 2.72. The van der Waals surface area contributed by atoms with E-state index < -0.39 is 0 Å². The Bertz CT molecular complexity index is 1240. The van der Waals surface area contributed by atoms with Crippen molar-refractivity contribution >= 4 is 54.1 Å². The third-order valence-corrected chi connectivity index (χ3v) is 6.47. The van der Waals surface area contributed by atoms with Crippen LogP contribution in [0.5, 0.6) is 0 Å². The zero-order valence-electron chi connectivity index (χ0n) is 13.8. The predicted molar refractivity (Wildman–Crippen MR) is 121 cm³/mol. The Kier molecular flexibility index (Phi) is 3.98. The molecule has 0 aliphatic carbocycles. The van der Waals surface area contributed by atoms with E-state index in [1.165, 1.54) is 46.0 Å². The van der Waals surface area contributed by atoms with Crippen LogP contribution < -0.4 is 0 Å². The van der Waals surface area contributed by atoms with Crippen molar-refractivity contribution in [1.29, 1.82) is 0 Å². The summed E-state index contributed by atoms with van der Waals surface area (Å²) in [6.07, 6.45) is 3.70. The van der Waals surface area contributed by atoms with E-state index in [9.17, 15) is 0 Å². The second-order valence-corrected chi connectivity index (χ2v) is 8.54. The molecule has 0 unspecified atom stereocenters. The van der Waals surface area contributed by atoms with Gasteiger partial charge in [0.2, 0.25) is 0 Å². The molecule has 0 atom stereocenters. The Balaban J connectivity index is 1.77. The minimum atomic E-state index is 1.20. The van der Waals surface area contributed by atoms with Gasteiger partial charge in [0.15, 0.2) is 0 Å². The molecule has 3 aromatic carbocycles. The fourth-order valence-corrected chi connectivity index (χ4v) is 5.34. The first-order chi connectivity index (χ1) is 12.8. The lowest BCUT2D eigenvalue weighted by Gasteiger charge is -2.09. The molecule has 0 amide bonds. The van der Waals surface area contributed by atoms with Gasteiger partial charge in [-0.2, -0.15) is 0 Å². The van der Waals surface area contributed by atoms with E-state index in [2.05, 4.69) is 100 Å². The number of pyridine rings is 1. The summed E-state index contributed by atoms with van der Waals surface area (Å²) in [7, 11) is 0. The van der Waals surface area contributed by atoms with Gasteiger partial charge >= 0.3 is 0 Å². The van der Waals surface area contributed by atoms with Crippen LogP contribution in [0.15, 0.2) is 85.2 Å². The minimum Gasteiger partial charge on any atom is -0.265 e. The summed E-state index contributed by atoms with van der Waals surface area (Å²) in [4.78, 5) is 4.14. The van der Waals surface area contributed by atoms with E-state index in [1.807, 2.05) is 23.7 Å². The Hall–Kier alpha value is -2.24. The SMILES string of the molecule is Ic1cc(-c2ccncc2)cc(-c2cccc3c2sc2ccccc23)c1. The lowest BCUT2D eigenvalue weighted by molar-refractivity contribution is 1.33. The topological polar surface area (TPSA) is 12.9 Å². The van der Waals surface area contributed by atoms with Gasteiger partial charge in [0.05, 0.1) is 0 Å². The lowest BCUT2D eigenvalue weighted by Crippen LogP contribution is -1.85. The average molecular weight is 463 g/mol. The Morgan fingerprint density at radius 3 is 2.35 bits per heavy atom. The summed E-state index contributed by atoms with van der Waals surface area (Å²) in [6.45, 7) is 0. The second kappa shape index (κ2) is 6.49. The molecule has 5 rings (SSSR count). The number of hydrogen-bond donors (Lipinski definition) is 0. The van der Waals surface area contributed by atoms with E-state index in [4.69, 9.17) is 0 Å². The van der Waals surface area contributed by atoms with Crippen LogP contribution >= 0.6 is 33.9 Å². The number of thiophene rings is 1. The van der Waals surface area contributed by atoms with Crippen molar-refractivity contribution in [3.8, 4) is 22.3 Å². The molecule has 0 spiro atoms. The van der Waals surface area contributed by atoms with Gasteiger partial charge in [0.25, 0.3) is 0 Å². The van der Waals surface area contributed by atoms with Crippen molar-refractivity contribution in [3.63, 3.8) is 0 Å². The number of fused-ring (bicyclic) bond motifs is 3. The van der Waals surface area contributed by atoms with Gasteiger partial charge in [0.1, 0.15) is 0 Å². The molecular weight excluding hydrogens is 449 g/mol. The monoisotopic (exact) mass is 463 g/mol. The molecule has 2 aromatic heterocycles. The molecule has 0 aliphatic rings. The number of aromatic nitrogens is 1. The number of rotatable bonds is 2. The minimum absolute atomic E-state index is 1.20. The average Bonchev–Trinajstić information content (AvgIpc) is 3.07. The second-order valence-electron chi connectivity index (χ2n) is 6.24. The molecule has 124 valence electrons. The third-order valence-electron chi connectivity index (χ3n) is 4.63. The highest BCUT2D eigenvalue weighted by Gasteiger charge is 2.11. The standard InChI is InChI=1S/C23H14INS/c24-18-13-16(15-8-10-25-11-9-15)12-17(14-18)19-5-3-6-21-20-4-1-2-7-22(20)26-23(19)21/h1-14H. The van der Waals surface area contributed by atoms with Crippen LogP contribution in [0, 0.1) is 3.57 Å². The predicted octanol–water partition coefficient (Wildman–Crippen LogP) is 7.39. The van der Waals surface area contributed by atoms with Gasteiger partial charge in [-0.15, -0.1) is 11.3 Å². The Morgan fingerprint density at radius 2 is 1.46 bits per heavy atom. The molecule has 0 N–H and O–H groups in total. The largest absolute Gasteiger partial charge is 0.265 e. The molecule has 0 radical (unpaired) electrons. The zero-order valence-corrected chi connectivity index (χ0v) is 16.8. The number of nitrogens with zero attached hydrogens (tertiary/aromatic N) is 1. The number of hydrogen-bond acceptors (Lipinski definition) is 2. The van der Waals surface area contributed by atoms with Crippen molar-refractivity contribution < 1.29 is 0 Å². The van der Waals surface area contributed by atoms with Crippen LogP contribution in [-0.2, 0) is 0 Å². The molecule has 0 fully saturated rings. The highest BCUT2D eigenvalue weighted by molar-refractivity contribution is 14.1. The van der Waals surface area contributed by atoms with Crippen molar-refractivity contribution in [1.82, 2.24) is 4.98 Å². The molecular formula is C23H14INS. The van der Waals surface area contributed by atoms with E-state index in [-0.39, 0.29) is 0 Å². The molecule has 0 aliphatic heterocycles. The van der Waals surface area contributed by atoms with Gasteiger partial charge in [-0.1, -0.05) is 36.4 Å². The van der Waals surface area contributed by atoms with Gasteiger partial charge < -0.3 is 0 Å². The molecule has 0 bridgehead atoms. The highest BCUT2D eigenvalue weighted by atomic mass is 127. The molecule has 0 saturated heterocycles. The first-order valence-electron chi connectivity index (χ1n) is 8.41. The molecule has 5 aromatic rings. The first-order valence-corrected chi connectivity index (χ1v) is 10.3. The smallest absolute Gasteiger partial charge is 0.0433 e. The van der Waals surface area contributed by atoms with Crippen molar-refractivity contribution in [2.24, 2.45) is 0 Å². The summed E-state index contributed by atoms with van der Waals surface area (Å²) >= 11 is 4.29. The van der Waals surface area contributed by atoms with E-state index in [0.717, 1.165) is 0 Å². The van der Waals surface area contributed by atoms with Crippen LogP contribution in [0.2, 0.25) is 0 Å². The van der Waals surface area contributed by atoms with Crippen molar-refractivity contribution in [3.05, 3.63) is 88.8 Å². The quantitative estimate of drug-likeness (QED) is 0.249. The first kappa shape index (κ1) is 16.0. The lowest BCUT2D eigenvalue weighted by atomic mass is 9.98. The van der Waals surface area contributed by atoms with Crippen LogP contribution in [0.4, 0.5) is 0 Å². The van der Waals surface area contributed by atoms with E-state index in [0.29, 0.717) is 0 Å². The summed E-state index contributed by atoms with van der Waals surface area (Å²) in [6, 6.07) is 26.2. The van der Waals surface area contributed by atoms with Crippen LogP contribution in [-0.4, -0.2) is 4.98 Å². The maximum absolute atomic E-state index is 4.14. The van der Waals surface area contributed by atoms with Crippen LogP contribution in [0.3, 0.4) is 0 Å². The maximum Gasteiger partial charge on any atom is 0.0433 e. The summed E-state index contributed by atoms with van der Waals surface area (Å²) in [5, 5.41) is 2.68. The molecule has 3 heteroatoms. The van der Waals surface area contributed by atoms with E-state index in [1.54, 1.807) is 0 Å². The number of halogens is 1. The van der Waals surface area contributed by atoms with Crippen LogP contribution in [0.1, 0.15) is 0 Å². The maximum atomic E-state index is 4.14. The fourth-order valence-electron chi connectivity index (χ4n) is 3.43. The Morgan fingerprint density at radius 1 is 0.692 bits per heavy atom. The van der Waals surface area contributed by atoms with Gasteiger partial charge in [-0.25, -0.2) is 0 Å². The zero-order chi connectivity index (χ0) is 17.5. The van der Waals surface area contributed by atoms with Crippen molar-refractivity contribution in [2.75, 3.05) is 0 Å². The van der Waals surface area contributed by atoms with Gasteiger partial charge in [-0.05, 0) is 81.2 Å². The summed E-state index contributed by atoms with van der Waals surface area (Å²) < 4.78 is 3.94. The van der Waals surface area contributed by atoms with Crippen molar-refractivity contribution in [2.45, 2.75) is 0 Å². The van der Waals surface area contributed by atoms with Gasteiger partial charge in [-0.3, -0.25) is 4.98 Å². The van der Waals surface area contributed by atoms with Gasteiger partial charge in [0, 0.05) is 36.1 Å². The molecule has 1 nitrogen and oxygen atoms in total. The number of benzene rings is 3. The molecule has 2 heterocycles. The van der Waals surface area contributed by atoms with Crippen LogP contribution in [0.25, 0.3) is 42.4 Å². The van der Waals surface area contributed by atoms with E-state index >= 15 is 0 Å². The summed E-state index contributed by atoms with van der Waals surface area (Å²) in [5.74, 6) is 0. The summed E-state index contributed by atoms with van der Waals surface area (Å²) in [5.41, 5.74) is 4.99. The normalized spacial score (nSPS) is 11.3. The highest BCUT2D eigenvalue weighted by Crippen LogP contribution is 2.40. The molecule has 26 heavy (non-hydrogen) atoms. The molecule has 0 saturated carbocycles.